The van der Waals surface area contributed by atoms with Crippen molar-refractivity contribution < 1.29 is 14.5 Å². The Morgan fingerprint density at radius 1 is 1.26 bits per heavy atom. The second-order valence-electron chi connectivity index (χ2n) is 4.33. The number of nitrogens with zero attached hydrogens (tertiary/aromatic N) is 1. The largest absolute Gasteiger partial charge is 0.348 e. The second-order valence-corrected chi connectivity index (χ2v) is 4.33. The molecule has 19 heavy (non-hydrogen) atoms. The first-order valence-corrected chi connectivity index (χ1v) is 5.74. The summed E-state index contributed by atoms with van der Waals surface area (Å²) in [6.07, 6.45) is 0. The molecule has 0 heterocycles. The van der Waals surface area contributed by atoms with Crippen LogP contribution in [0.1, 0.15) is 13.8 Å². The van der Waals surface area contributed by atoms with Crippen LogP contribution >= 0.6 is 0 Å². The van der Waals surface area contributed by atoms with Crippen LogP contribution in [-0.2, 0) is 9.59 Å². The fourth-order valence-electron chi connectivity index (χ4n) is 1.29. The van der Waals surface area contributed by atoms with Crippen molar-refractivity contribution in [3.63, 3.8) is 0 Å². The smallest absolute Gasteiger partial charge is 0.313 e. The highest BCUT2D eigenvalue weighted by Crippen LogP contribution is 2.22. The summed E-state index contributed by atoms with van der Waals surface area (Å²) in [5.74, 6) is -1.52. The van der Waals surface area contributed by atoms with Crippen molar-refractivity contribution in [1.82, 2.24) is 5.32 Å². The lowest BCUT2D eigenvalue weighted by atomic mass is 10.2. The lowest BCUT2D eigenvalue weighted by molar-refractivity contribution is -0.383. The quantitative estimate of drug-likeness (QED) is 0.486. The van der Waals surface area contributed by atoms with E-state index in [1.54, 1.807) is 0 Å². The van der Waals surface area contributed by atoms with Gasteiger partial charge in [-0.1, -0.05) is 26.0 Å². The van der Waals surface area contributed by atoms with Crippen molar-refractivity contribution in [3.05, 3.63) is 34.4 Å². The van der Waals surface area contributed by atoms with Crippen LogP contribution in [0.15, 0.2) is 24.3 Å². The third-order valence-corrected chi connectivity index (χ3v) is 2.23. The van der Waals surface area contributed by atoms with Crippen molar-refractivity contribution in [2.45, 2.75) is 13.8 Å². The summed E-state index contributed by atoms with van der Waals surface area (Å²) in [6, 6.07) is 5.63. The summed E-state index contributed by atoms with van der Waals surface area (Å²) in [5, 5.41) is 15.4. The van der Waals surface area contributed by atoms with Gasteiger partial charge in [0.2, 0.25) is 0 Å². The number of amides is 2. The van der Waals surface area contributed by atoms with E-state index in [0.29, 0.717) is 6.54 Å². The number of nitro benzene ring substituents is 1. The number of para-hydroxylation sites is 2. The van der Waals surface area contributed by atoms with Crippen LogP contribution in [0.2, 0.25) is 0 Å². The van der Waals surface area contributed by atoms with E-state index in [1.165, 1.54) is 24.3 Å². The Morgan fingerprint density at radius 2 is 1.89 bits per heavy atom. The average molecular weight is 265 g/mol. The Morgan fingerprint density at radius 3 is 2.47 bits per heavy atom. The number of carbonyl (C=O) groups is 2. The summed E-state index contributed by atoms with van der Waals surface area (Å²) >= 11 is 0. The van der Waals surface area contributed by atoms with Crippen molar-refractivity contribution in [3.8, 4) is 0 Å². The SMILES string of the molecule is CC(C)CNC(=O)C(=O)Nc1ccccc1[N+](=O)[O-]. The zero-order valence-electron chi connectivity index (χ0n) is 10.7. The maximum absolute atomic E-state index is 11.6. The zero-order chi connectivity index (χ0) is 14.4. The molecule has 7 nitrogen and oxygen atoms in total. The number of benzene rings is 1. The van der Waals surface area contributed by atoms with Crippen LogP contribution in [0.5, 0.6) is 0 Å². The van der Waals surface area contributed by atoms with Crippen LogP contribution in [0.4, 0.5) is 11.4 Å². The van der Waals surface area contributed by atoms with Gasteiger partial charge in [0.25, 0.3) is 5.69 Å². The number of carbonyl (C=O) groups excluding carboxylic acids is 2. The fourth-order valence-corrected chi connectivity index (χ4v) is 1.29. The highest BCUT2D eigenvalue weighted by Gasteiger charge is 2.19. The molecule has 0 aromatic heterocycles. The highest BCUT2D eigenvalue weighted by atomic mass is 16.6. The van der Waals surface area contributed by atoms with Crippen molar-refractivity contribution >= 4 is 23.2 Å². The van der Waals surface area contributed by atoms with E-state index in [-0.39, 0.29) is 17.3 Å². The average Bonchev–Trinajstić information content (AvgIpc) is 2.36. The minimum absolute atomic E-state index is 0.00260. The second kappa shape index (κ2) is 6.48. The molecule has 1 rings (SSSR count). The number of nitrogens with one attached hydrogen (secondary N) is 2. The van der Waals surface area contributed by atoms with Gasteiger partial charge in [-0.2, -0.15) is 0 Å². The molecule has 0 aliphatic rings. The van der Waals surface area contributed by atoms with Crippen molar-refractivity contribution in [2.75, 3.05) is 11.9 Å². The van der Waals surface area contributed by atoms with Gasteiger partial charge in [0.1, 0.15) is 5.69 Å². The van der Waals surface area contributed by atoms with Crippen LogP contribution in [-0.4, -0.2) is 23.3 Å². The van der Waals surface area contributed by atoms with Gasteiger partial charge in [-0.3, -0.25) is 19.7 Å². The minimum atomic E-state index is -0.921. The number of hydrogen-bond donors (Lipinski definition) is 2. The molecular weight excluding hydrogens is 250 g/mol. The summed E-state index contributed by atoms with van der Waals surface area (Å²) in [7, 11) is 0. The van der Waals surface area contributed by atoms with E-state index in [1.807, 2.05) is 13.8 Å². The first kappa shape index (κ1) is 14.6. The molecule has 0 unspecified atom stereocenters. The van der Waals surface area contributed by atoms with E-state index in [0.717, 1.165) is 0 Å². The predicted octanol–water partition coefficient (Wildman–Crippen LogP) is 1.31. The molecule has 0 aliphatic heterocycles. The standard InChI is InChI=1S/C12H15N3O4/c1-8(2)7-13-11(16)12(17)14-9-5-3-4-6-10(9)15(18)19/h3-6,8H,7H2,1-2H3,(H,13,16)(H,14,17). The Kier molecular flexibility index (Phi) is 4.99. The Bertz CT molecular complexity index is 500. The summed E-state index contributed by atoms with van der Waals surface area (Å²) in [4.78, 5) is 33.1. The monoisotopic (exact) mass is 265 g/mol. The molecule has 0 atom stereocenters. The third-order valence-electron chi connectivity index (χ3n) is 2.23. The van der Waals surface area contributed by atoms with Gasteiger partial charge in [-0.15, -0.1) is 0 Å². The first-order chi connectivity index (χ1) is 8.91. The molecule has 0 spiro atoms. The Hall–Kier alpha value is -2.44. The van der Waals surface area contributed by atoms with Gasteiger partial charge in [-0.05, 0) is 12.0 Å². The minimum Gasteiger partial charge on any atom is -0.348 e. The molecule has 7 heteroatoms. The summed E-state index contributed by atoms with van der Waals surface area (Å²) in [6.45, 7) is 4.14. The molecule has 0 fully saturated rings. The molecule has 0 saturated carbocycles. The van der Waals surface area contributed by atoms with Crippen LogP contribution in [0.25, 0.3) is 0 Å². The van der Waals surface area contributed by atoms with E-state index in [9.17, 15) is 19.7 Å². The number of hydrogen-bond acceptors (Lipinski definition) is 4. The van der Waals surface area contributed by atoms with E-state index >= 15 is 0 Å². The predicted molar refractivity (Wildman–Crippen MR) is 69.6 cm³/mol. The molecule has 0 saturated heterocycles. The van der Waals surface area contributed by atoms with Gasteiger partial charge in [0, 0.05) is 12.6 Å². The maximum atomic E-state index is 11.6. The lowest BCUT2D eigenvalue weighted by Gasteiger charge is -2.08. The molecule has 2 amide bonds. The molecule has 0 aliphatic carbocycles. The van der Waals surface area contributed by atoms with Crippen molar-refractivity contribution in [2.24, 2.45) is 5.92 Å². The van der Waals surface area contributed by atoms with E-state index in [4.69, 9.17) is 0 Å². The van der Waals surface area contributed by atoms with Crippen molar-refractivity contribution in [1.29, 1.82) is 0 Å². The van der Waals surface area contributed by atoms with Gasteiger partial charge >= 0.3 is 11.8 Å². The topological polar surface area (TPSA) is 101 Å². The zero-order valence-corrected chi connectivity index (χ0v) is 10.7. The van der Waals surface area contributed by atoms with Gasteiger partial charge in [0.05, 0.1) is 4.92 Å². The summed E-state index contributed by atoms with van der Waals surface area (Å²) < 4.78 is 0. The van der Waals surface area contributed by atoms with E-state index < -0.39 is 16.7 Å². The van der Waals surface area contributed by atoms with Crippen LogP contribution < -0.4 is 10.6 Å². The molecule has 0 bridgehead atoms. The van der Waals surface area contributed by atoms with E-state index in [2.05, 4.69) is 10.6 Å². The Balaban J connectivity index is 2.72. The molecule has 2 N–H and O–H groups in total. The molecule has 102 valence electrons. The highest BCUT2D eigenvalue weighted by molar-refractivity contribution is 6.39. The van der Waals surface area contributed by atoms with Crippen LogP contribution in [0.3, 0.4) is 0 Å². The third kappa shape index (κ3) is 4.38. The number of nitro groups is 1. The number of anilines is 1. The molecule has 0 radical (unpaired) electrons. The van der Waals surface area contributed by atoms with Gasteiger partial charge in [0.15, 0.2) is 0 Å². The van der Waals surface area contributed by atoms with Crippen LogP contribution in [0, 0.1) is 16.0 Å². The lowest BCUT2D eigenvalue weighted by Crippen LogP contribution is -2.37. The molecule has 1 aromatic rings. The Labute approximate surface area is 110 Å². The molecular formula is C12H15N3O4. The number of rotatable bonds is 4. The fraction of sp³-hybridized carbons (Fsp3) is 0.333. The maximum Gasteiger partial charge on any atom is 0.313 e. The first-order valence-electron chi connectivity index (χ1n) is 5.74. The van der Waals surface area contributed by atoms with Gasteiger partial charge < -0.3 is 10.6 Å². The molecule has 1 aromatic carbocycles. The normalized spacial score (nSPS) is 10.1. The van der Waals surface area contributed by atoms with Gasteiger partial charge in [-0.25, -0.2) is 0 Å². The summed E-state index contributed by atoms with van der Waals surface area (Å²) in [5.41, 5.74) is -0.260.